The van der Waals surface area contributed by atoms with Crippen molar-refractivity contribution >= 4 is 5.91 Å². The lowest BCUT2D eigenvalue weighted by atomic mass is 10.1. The van der Waals surface area contributed by atoms with Crippen LogP contribution >= 0.6 is 0 Å². The highest BCUT2D eigenvalue weighted by Crippen LogP contribution is 2.06. The van der Waals surface area contributed by atoms with Crippen LogP contribution in [-0.4, -0.2) is 41.5 Å². The number of carbonyl (C=O) groups excluding carboxylic acids is 1. The summed E-state index contributed by atoms with van der Waals surface area (Å²) < 4.78 is 0. The van der Waals surface area contributed by atoms with Gasteiger partial charge in [0.2, 0.25) is 0 Å². The first kappa shape index (κ1) is 10.9. The lowest BCUT2D eigenvalue weighted by Crippen LogP contribution is -2.53. The normalized spacial score (nSPS) is 20.8. The van der Waals surface area contributed by atoms with Gasteiger partial charge in [-0.3, -0.25) is 9.59 Å². The molecule has 86 valence electrons. The second-order valence-corrected chi connectivity index (χ2v) is 3.96. The highest BCUT2D eigenvalue weighted by atomic mass is 16.2. The van der Waals surface area contributed by atoms with Crippen molar-refractivity contribution in [3.05, 3.63) is 34.2 Å². The number of pyridine rings is 1. The average molecular weight is 221 g/mol. The van der Waals surface area contributed by atoms with Crippen LogP contribution in [0.3, 0.4) is 0 Å². The van der Waals surface area contributed by atoms with Gasteiger partial charge in [-0.1, -0.05) is 0 Å². The Bertz CT molecular complexity index is 441. The molecule has 0 radical (unpaired) electrons. The summed E-state index contributed by atoms with van der Waals surface area (Å²) in [5.74, 6) is -0.184. The average Bonchev–Trinajstić information content (AvgIpc) is 2.29. The number of aromatic nitrogens is 1. The second kappa shape index (κ2) is 4.49. The number of amides is 1. The van der Waals surface area contributed by atoms with Gasteiger partial charge in [-0.2, -0.15) is 0 Å². The molecular weight excluding hydrogens is 206 g/mol. The molecule has 2 N–H and O–H groups in total. The molecular formula is C11H15N3O2. The lowest BCUT2D eigenvalue weighted by molar-refractivity contribution is 0.0654. The van der Waals surface area contributed by atoms with Crippen LogP contribution in [0, 0.1) is 0 Å². The van der Waals surface area contributed by atoms with E-state index < -0.39 is 0 Å². The maximum absolute atomic E-state index is 12.1. The molecule has 0 unspecified atom stereocenters. The Balaban J connectivity index is 2.25. The predicted octanol–water partition coefficient (Wildman–Crippen LogP) is -0.191. The summed E-state index contributed by atoms with van der Waals surface area (Å²) in [5.41, 5.74) is -0.102. The molecule has 1 saturated heterocycles. The molecule has 0 saturated carbocycles. The van der Waals surface area contributed by atoms with E-state index in [9.17, 15) is 9.59 Å². The first-order valence-electron chi connectivity index (χ1n) is 5.39. The fourth-order valence-electron chi connectivity index (χ4n) is 1.89. The van der Waals surface area contributed by atoms with Gasteiger partial charge in [-0.25, -0.2) is 0 Å². The van der Waals surface area contributed by atoms with Gasteiger partial charge in [0.15, 0.2) is 0 Å². The summed E-state index contributed by atoms with van der Waals surface area (Å²) in [6.07, 6.45) is 1.53. The van der Waals surface area contributed by atoms with Gasteiger partial charge in [0.25, 0.3) is 11.5 Å². The molecule has 16 heavy (non-hydrogen) atoms. The zero-order chi connectivity index (χ0) is 11.5. The standard InChI is InChI=1S/C11H15N3O2/c1-8-7-12-5-6-14(8)11(16)9-3-2-4-13-10(9)15/h2-4,8,12H,5-7H2,1H3,(H,13,15)/t8-/m1/s1. The summed E-state index contributed by atoms with van der Waals surface area (Å²) in [5, 5.41) is 3.21. The number of hydrogen-bond acceptors (Lipinski definition) is 3. The number of piperazine rings is 1. The highest BCUT2D eigenvalue weighted by Gasteiger charge is 2.25. The minimum absolute atomic E-state index is 0.126. The van der Waals surface area contributed by atoms with E-state index in [2.05, 4.69) is 10.3 Å². The largest absolute Gasteiger partial charge is 0.333 e. The van der Waals surface area contributed by atoms with E-state index in [1.54, 1.807) is 17.0 Å². The van der Waals surface area contributed by atoms with Gasteiger partial charge in [0, 0.05) is 31.9 Å². The maximum atomic E-state index is 12.1. The Morgan fingerprint density at radius 2 is 2.38 bits per heavy atom. The van der Waals surface area contributed by atoms with Gasteiger partial charge in [-0.15, -0.1) is 0 Å². The summed E-state index contributed by atoms with van der Waals surface area (Å²) in [6, 6.07) is 3.36. The molecule has 1 aromatic heterocycles. The van der Waals surface area contributed by atoms with Crippen molar-refractivity contribution in [2.24, 2.45) is 0 Å². The maximum Gasteiger partial charge on any atom is 0.260 e. The van der Waals surface area contributed by atoms with Gasteiger partial charge >= 0.3 is 0 Å². The third-order valence-electron chi connectivity index (χ3n) is 2.81. The summed E-state index contributed by atoms with van der Waals surface area (Å²) in [4.78, 5) is 27.9. The number of aromatic amines is 1. The Kier molecular flexibility index (Phi) is 3.05. The number of carbonyl (C=O) groups is 1. The quantitative estimate of drug-likeness (QED) is 0.690. The molecule has 0 spiro atoms. The smallest absolute Gasteiger partial charge is 0.260 e. The van der Waals surface area contributed by atoms with Gasteiger partial charge in [0.05, 0.1) is 0 Å². The van der Waals surface area contributed by atoms with Crippen LogP contribution in [0.15, 0.2) is 23.1 Å². The van der Waals surface area contributed by atoms with Crippen LogP contribution in [0.5, 0.6) is 0 Å². The number of hydrogen-bond donors (Lipinski definition) is 2. The Morgan fingerprint density at radius 3 is 3.06 bits per heavy atom. The molecule has 1 amide bonds. The topological polar surface area (TPSA) is 65.2 Å². The van der Waals surface area contributed by atoms with Gasteiger partial charge in [0.1, 0.15) is 5.56 Å². The van der Waals surface area contributed by atoms with Crippen molar-refractivity contribution in [3.63, 3.8) is 0 Å². The van der Waals surface area contributed by atoms with Gasteiger partial charge < -0.3 is 15.2 Å². The molecule has 1 aliphatic rings. The molecule has 0 aromatic carbocycles. The minimum Gasteiger partial charge on any atom is -0.333 e. The first-order chi connectivity index (χ1) is 7.70. The van der Waals surface area contributed by atoms with Crippen LogP contribution in [0.25, 0.3) is 0 Å². The molecule has 2 heterocycles. The minimum atomic E-state index is -0.321. The van der Waals surface area contributed by atoms with Crippen LogP contribution in [0.4, 0.5) is 0 Å². The first-order valence-corrected chi connectivity index (χ1v) is 5.39. The molecule has 1 fully saturated rings. The van der Waals surface area contributed by atoms with Crippen molar-refractivity contribution in [2.45, 2.75) is 13.0 Å². The van der Waals surface area contributed by atoms with E-state index in [0.717, 1.165) is 13.1 Å². The molecule has 1 atom stereocenters. The number of nitrogens with one attached hydrogen (secondary N) is 2. The van der Waals surface area contributed by atoms with Crippen LogP contribution in [0.1, 0.15) is 17.3 Å². The fourth-order valence-corrected chi connectivity index (χ4v) is 1.89. The Morgan fingerprint density at radius 1 is 1.56 bits per heavy atom. The van der Waals surface area contributed by atoms with Crippen molar-refractivity contribution in [1.29, 1.82) is 0 Å². The molecule has 5 heteroatoms. The second-order valence-electron chi connectivity index (χ2n) is 3.96. The predicted molar refractivity (Wildman–Crippen MR) is 60.4 cm³/mol. The highest BCUT2D eigenvalue weighted by molar-refractivity contribution is 5.94. The monoisotopic (exact) mass is 221 g/mol. The van der Waals surface area contributed by atoms with Crippen LogP contribution in [0.2, 0.25) is 0 Å². The molecule has 0 aliphatic carbocycles. The summed E-state index contributed by atoms with van der Waals surface area (Å²) in [6.45, 7) is 4.17. The van der Waals surface area contributed by atoms with Crippen LogP contribution < -0.4 is 10.9 Å². The third kappa shape index (κ3) is 1.99. The third-order valence-corrected chi connectivity index (χ3v) is 2.81. The van der Waals surface area contributed by atoms with Crippen molar-refractivity contribution in [3.8, 4) is 0 Å². The fraction of sp³-hybridized carbons (Fsp3) is 0.455. The van der Waals surface area contributed by atoms with E-state index >= 15 is 0 Å². The zero-order valence-corrected chi connectivity index (χ0v) is 9.19. The molecule has 1 aliphatic heterocycles. The SMILES string of the molecule is C[C@@H]1CNCCN1C(=O)c1ccc[nH]c1=O. The molecule has 0 bridgehead atoms. The van der Waals surface area contributed by atoms with E-state index in [1.165, 1.54) is 6.20 Å². The molecule has 2 rings (SSSR count). The molecule has 5 nitrogen and oxygen atoms in total. The van der Waals surface area contributed by atoms with Crippen LogP contribution in [-0.2, 0) is 0 Å². The number of rotatable bonds is 1. The summed E-state index contributed by atoms with van der Waals surface area (Å²) in [7, 11) is 0. The van der Waals surface area contributed by atoms with E-state index in [1.807, 2.05) is 6.92 Å². The summed E-state index contributed by atoms with van der Waals surface area (Å²) >= 11 is 0. The van der Waals surface area contributed by atoms with E-state index in [-0.39, 0.29) is 23.1 Å². The van der Waals surface area contributed by atoms with Crippen molar-refractivity contribution in [1.82, 2.24) is 15.2 Å². The number of H-pyrrole nitrogens is 1. The van der Waals surface area contributed by atoms with Crippen molar-refractivity contribution < 1.29 is 4.79 Å². The van der Waals surface area contributed by atoms with Gasteiger partial charge in [-0.05, 0) is 19.1 Å². The zero-order valence-electron chi connectivity index (χ0n) is 9.19. The van der Waals surface area contributed by atoms with E-state index in [4.69, 9.17) is 0 Å². The van der Waals surface area contributed by atoms with E-state index in [0.29, 0.717) is 6.54 Å². The van der Waals surface area contributed by atoms with Crippen molar-refractivity contribution in [2.75, 3.05) is 19.6 Å². The number of nitrogens with zero attached hydrogens (tertiary/aromatic N) is 1. The Labute approximate surface area is 93.5 Å². The lowest BCUT2D eigenvalue weighted by Gasteiger charge is -2.33. The molecule has 1 aromatic rings. The Hall–Kier alpha value is -1.62.